The maximum Gasteiger partial charge on any atom is 0.257 e. The van der Waals surface area contributed by atoms with Crippen molar-refractivity contribution in [3.8, 4) is 0 Å². The van der Waals surface area contributed by atoms with Gasteiger partial charge in [0.2, 0.25) is 0 Å². The average Bonchev–Trinajstić information content (AvgIpc) is 2.94. The molecular weight excluding hydrogens is 236 g/mol. The fraction of sp³-hybridized carbons (Fsp3) is 0.636. The Morgan fingerprint density at radius 3 is 3.06 bits per heavy atom. The van der Waals surface area contributed by atoms with Crippen LogP contribution in [0.4, 0.5) is 10.8 Å². The third-order valence-electron chi connectivity index (χ3n) is 3.31. The van der Waals surface area contributed by atoms with Crippen molar-refractivity contribution in [1.29, 1.82) is 0 Å². The molecule has 2 heterocycles. The second-order valence-corrected chi connectivity index (χ2v) is 5.09. The maximum absolute atomic E-state index is 11.8. The third kappa shape index (κ3) is 2.22. The number of carbonyl (C=O) groups is 1. The molecule has 1 aliphatic rings. The summed E-state index contributed by atoms with van der Waals surface area (Å²) in [5.74, 6) is 0.909. The number of carbonyl (C=O) groups excluding carboxylic acids is 1. The lowest BCUT2D eigenvalue weighted by Gasteiger charge is -2.17. The van der Waals surface area contributed by atoms with Crippen LogP contribution in [0.1, 0.15) is 30.1 Å². The molecule has 1 unspecified atom stereocenters. The molecule has 94 valence electrons. The van der Waals surface area contributed by atoms with Crippen LogP contribution in [0.2, 0.25) is 0 Å². The molecular formula is C11H18N4OS. The summed E-state index contributed by atoms with van der Waals surface area (Å²) >= 11 is 1.32. The van der Waals surface area contributed by atoms with Crippen LogP contribution in [0.15, 0.2) is 0 Å². The van der Waals surface area contributed by atoms with E-state index in [9.17, 15) is 4.79 Å². The smallest absolute Gasteiger partial charge is 0.257 e. The molecule has 3 N–H and O–H groups in total. The molecule has 1 amide bonds. The van der Waals surface area contributed by atoms with E-state index in [0.29, 0.717) is 11.4 Å². The predicted octanol–water partition coefficient (Wildman–Crippen LogP) is 1.32. The van der Waals surface area contributed by atoms with E-state index in [-0.39, 0.29) is 5.91 Å². The highest BCUT2D eigenvalue weighted by Crippen LogP contribution is 2.34. The Morgan fingerprint density at radius 2 is 2.47 bits per heavy atom. The van der Waals surface area contributed by atoms with Crippen molar-refractivity contribution in [3.05, 3.63) is 5.56 Å². The molecule has 0 aromatic carbocycles. The molecule has 0 saturated carbocycles. The lowest BCUT2D eigenvalue weighted by atomic mass is 10.1. The van der Waals surface area contributed by atoms with E-state index in [4.69, 9.17) is 5.73 Å². The summed E-state index contributed by atoms with van der Waals surface area (Å²) in [6.07, 6.45) is 2.36. The second kappa shape index (κ2) is 4.91. The molecule has 1 aliphatic heterocycles. The van der Waals surface area contributed by atoms with E-state index in [1.165, 1.54) is 24.4 Å². The molecule has 6 heteroatoms. The highest BCUT2D eigenvalue weighted by molar-refractivity contribution is 7.11. The minimum atomic E-state index is -0.147. The summed E-state index contributed by atoms with van der Waals surface area (Å²) in [6.45, 7) is 4.20. The number of aromatic nitrogens is 1. The Hall–Kier alpha value is -1.30. The third-order valence-corrected chi connectivity index (χ3v) is 4.23. The van der Waals surface area contributed by atoms with Crippen LogP contribution in [0, 0.1) is 5.92 Å². The molecule has 0 bridgehead atoms. The van der Waals surface area contributed by atoms with Crippen molar-refractivity contribution in [2.75, 3.05) is 30.8 Å². The van der Waals surface area contributed by atoms with Gasteiger partial charge in [0.15, 0.2) is 5.82 Å². The zero-order valence-corrected chi connectivity index (χ0v) is 11.0. The van der Waals surface area contributed by atoms with E-state index in [2.05, 4.69) is 21.5 Å². The van der Waals surface area contributed by atoms with Gasteiger partial charge in [-0.3, -0.25) is 4.79 Å². The van der Waals surface area contributed by atoms with Gasteiger partial charge in [-0.25, -0.2) is 0 Å². The molecule has 1 atom stereocenters. The lowest BCUT2D eigenvalue weighted by molar-refractivity contribution is 0.0964. The summed E-state index contributed by atoms with van der Waals surface area (Å²) in [5.41, 5.74) is 6.30. The fourth-order valence-electron chi connectivity index (χ4n) is 2.20. The topological polar surface area (TPSA) is 71.2 Å². The molecule has 0 spiro atoms. The Kier molecular flexibility index (Phi) is 3.51. The number of hydrogen-bond acceptors (Lipinski definition) is 5. The Balaban J connectivity index is 2.24. The van der Waals surface area contributed by atoms with Crippen LogP contribution in [0.25, 0.3) is 0 Å². The Morgan fingerprint density at radius 1 is 1.71 bits per heavy atom. The molecule has 0 aliphatic carbocycles. The first-order valence-electron chi connectivity index (χ1n) is 5.89. The van der Waals surface area contributed by atoms with Crippen molar-refractivity contribution in [1.82, 2.24) is 9.69 Å². The van der Waals surface area contributed by atoms with E-state index >= 15 is 0 Å². The Bertz CT molecular complexity index is 418. The zero-order valence-electron chi connectivity index (χ0n) is 10.2. The summed E-state index contributed by atoms with van der Waals surface area (Å²) in [7, 11) is 1.61. The van der Waals surface area contributed by atoms with E-state index < -0.39 is 0 Å². The number of amides is 1. The first-order valence-corrected chi connectivity index (χ1v) is 6.66. The standard InChI is InChI=1S/C11H18N4OS/c1-3-7-4-5-15(6-7)11-8(10(16)13-2)9(12)14-17-11/h7H,3-6H2,1-2H3,(H2,12,14)(H,13,16). The number of nitrogens with zero attached hydrogens (tertiary/aromatic N) is 2. The number of anilines is 2. The predicted molar refractivity (Wildman–Crippen MR) is 70.5 cm³/mol. The molecule has 1 saturated heterocycles. The molecule has 1 aromatic rings. The van der Waals surface area contributed by atoms with Crippen LogP contribution in [-0.2, 0) is 0 Å². The normalized spacial score (nSPS) is 19.6. The molecule has 1 fully saturated rings. The average molecular weight is 254 g/mol. The van der Waals surface area contributed by atoms with Gasteiger partial charge in [0, 0.05) is 20.1 Å². The Labute approximate surface area is 105 Å². The van der Waals surface area contributed by atoms with Gasteiger partial charge in [-0.2, -0.15) is 4.37 Å². The van der Waals surface area contributed by atoms with Crippen molar-refractivity contribution in [2.45, 2.75) is 19.8 Å². The number of nitrogen functional groups attached to an aromatic ring is 1. The highest BCUT2D eigenvalue weighted by atomic mass is 32.1. The minimum Gasteiger partial charge on any atom is -0.382 e. The van der Waals surface area contributed by atoms with Gasteiger partial charge in [0.05, 0.1) is 0 Å². The van der Waals surface area contributed by atoms with Crippen molar-refractivity contribution in [3.63, 3.8) is 0 Å². The van der Waals surface area contributed by atoms with E-state index in [1.54, 1.807) is 7.05 Å². The van der Waals surface area contributed by atoms with Crippen LogP contribution >= 0.6 is 11.5 Å². The van der Waals surface area contributed by atoms with Gasteiger partial charge in [-0.15, -0.1) is 0 Å². The maximum atomic E-state index is 11.8. The number of hydrogen-bond donors (Lipinski definition) is 2. The first kappa shape index (κ1) is 12.2. The summed E-state index contributed by atoms with van der Waals surface area (Å²) in [4.78, 5) is 14.0. The van der Waals surface area contributed by atoms with Gasteiger partial charge < -0.3 is 16.0 Å². The minimum absolute atomic E-state index is 0.147. The second-order valence-electron chi connectivity index (χ2n) is 4.34. The number of nitrogens with two attached hydrogens (primary N) is 1. The van der Waals surface area contributed by atoms with Crippen LogP contribution in [0.5, 0.6) is 0 Å². The van der Waals surface area contributed by atoms with Crippen LogP contribution in [0.3, 0.4) is 0 Å². The van der Waals surface area contributed by atoms with Crippen molar-refractivity contribution in [2.24, 2.45) is 5.92 Å². The number of rotatable bonds is 3. The van der Waals surface area contributed by atoms with Gasteiger partial charge >= 0.3 is 0 Å². The summed E-state index contributed by atoms with van der Waals surface area (Å²) in [6, 6.07) is 0. The van der Waals surface area contributed by atoms with Gasteiger partial charge in [0.25, 0.3) is 5.91 Å². The van der Waals surface area contributed by atoms with Crippen LogP contribution < -0.4 is 16.0 Å². The highest BCUT2D eigenvalue weighted by Gasteiger charge is 2.28. The zero-order chi connectivity index (χ0) is 12.4. The van der Waals surface area contributed by atoms with Crippen molar-refractivity contribution >= 4 is 28.3 Å². The lowest BCUT2D eigenvalue weighted by Crippen LogP contribution is -2.25. The largest absolute Gasteiger partial charge is 0.382 e. The molecule has 17 heavy (non-hydrogen) atoms. The van der Waals surface area contributed by atoms with E-state index in [0.717, 1.165) is 24.0 Å². The first-order chi connectivity index (χ1) is 8.17. The van der Waals surface area contributed by atoms with Crippen molar-refractivity contribution < 1.29 is 4.79 Å². The molecule has 1 aromatic heterocycles. The SMILES string of the molecule is CCC1CCN(c2snc(N)c2C(=O)NC)C1. The quantitative estimate of drug-likeness (QED) is 0.853. The summed E-state index contributed by atoms with van der Waals surface area (Å²) < 4.78 is 4.10. The molecule has 5 nitrogen and oxygen atoms in total. The van der Waals surface area contributed by atoms with Crippen LogP contribution in [-0.4, -0.2) is 30.4 Å². The van der Waals surface area contributed by atoms with Gasteiger partial charge in [-0.1, -0.05) is 13.3 Å². The molecule has 2 rings (SSSR count). The molecule has 0 radical (unpaired) electrons. The van der Waals surface area contributed by atoms with Gasteiger partial charge in [-0.05, 0) is 23.9 Å². The van der Waals surface area contributed by atoms with Gasteiger partial charge in [0.1, 0.15) is 10.6 Å². The van der Waals surface area contributed by atoms with E-state index in [1.807, 2.05) is 0 Å². The number of nitrogens with one attached hydrogen (secondary N) is 1. The summed E-state index contributed by atoms with van der Waals surface area (Å²) in [5, 5.41) is 3.53. The fourth-order valence-corrected chi connectivity index (χ4v) is 3.04. The monoisotopic (exact) mass is 254 g/mol.